The molecule has 0 fully saturated rings. The van der Waals surface area contributed by atoms with Crippen LogP contribution >= 0.6 is 0 Å². The van der Waals surface area contributed by atoms with Crippen LogP contribution in [0.4, 0.5) is 0 Å². The van der Waals surface area contributed by atoms with Crippen molar-refractivity contribution in [2.75, 3.05) is 13.2 Å². The highest BCUT2D eigenvalue weighted by Crippen LogP contribution is 2.29. The molecule has 0 radical (unpaired) electrons. The van der Waals surface area contributed by atoms with E-state index in [1.54, 1.807) is 6.21 Å². The van der Waals surface area contributed by atoms with Crippen molar-refractivity contribution in [3.8, 4) is 22.6 Å². The lowest BCUT2D eigenvalue weighted by Crippen LogP contribution is -2.24. The number of carbonyl (C=O) groups is 1. The van der Waals surface area contributed by atoms with Gasteiger partial charge in [-0.2, -0.15) is 5.10 Å². The van der Waals surface area contributed by atoms with E-state index in [0.717, 1.165) is 35.3 Å². The summed E-state index contributed by atoms with van der Waals surface area (Å²) in [6, 6.07) is 25.1. The predicted octanol–water partition coefficient (Wildman–Crippen LogP) is 5.06. The third kappa shape index (κ3) is 6.48. The van der Waals surface area contributed by atoms with Crippen LogP contribution in [0.1, 0.15) is 25.3 Å². The van der Waals surface area contributed by atoms with Gasteiger partial charge in [-0.3, -0.25) is 4.79 Å². The van der Waals surface area contributed by atoms with E-state index < -0.39 is 0 Å². The standard InChI is InChI=1S/C25H26N2O3/c1-2-3-17-29-22-15-13-20(14-16-22)18-26-27-25(28)19-30-24-12-8-7-11-23(24)21-9-5-4-6-10-21/h4-16,18H,2-3,17,19H2,1H3,(H,27,28)/b26-18+. The zero-order valence-electron chi connectivity index (χ0n) is 17.1. The van der Waals surface area contributed by atoms with E-state index in [2.05, 4.69) is 17.5 Å². The Labute approximate surface area is 177 Å². The van der Waals surface area contributed by atoms with Crippen molar-refractivity contribution in [1.82, 2.24) is 5.43 Å². The maximum atomic E-state index is 12.1. The molecular weight excluding hydrogens is 376 g/mol. The van der Waals surface area contributed by atoms with Gasteiger partial charge in [0.15, 0.2) is 6.61 Å². The van der Waals surface area contributed by atoms with Gasteiger partial charge in [0, 0.05) is 5.56 Å². The van der Waals surface area contributed by atoms with Crippen LogP contribution in [0.25, 0.3) is 11.1 Å². The molecule has 3 aromatic carbocycles. The lowest BCUT2D eigenvalue weighted by atomic mass is 10.1. The van der Waals surface area contributed by atoms with E-state index in [9.17, 15) is 4.79 Å². The summed E-state index contributed by atoms with van der Waals surface area (Å²) in [4.78, 5) is 12.1. The van der Waals surface area contributed by atoms with Crippen molar-refractivity contribution in [3.05, 3.63) is 84.4 Å². The Morgan fingerprint density at radius 2 is 1.67 bits per heavy atom. The van der Waals surface area contributed by atoms with Crippen molar-refractivity contribution in [1.29, 1.82) is 0 Å². The molecule has 0 aliphatic carbocycles. The van der Waals surface area contributed by atoms with Crippen molar-refractivity contribution in [2.45, 2.75) is 19.8 Å². The summed E-state index contributed by atoms with van der Waals surface area (Å²) in [5.41, 5.74) is 5.34. The van der Waals surface area contributed by atoms with Crippen LogP contribution in [0, 0.1) is 0 Å². The Kier molecular flexibility index (Phi) is 8.03. The van der Waals surface area contributed by atoms with E-state index in [1.807, 2.05) is 78.9 Å². The van der Waals surface area contributed by atoms with E-state index in [4.69, 9.17) is 9.47 Å². The Morgan fingerprint density at radius 1 is 0.933 bits per heavy atom. The van der Waals surface area contributed by atoms with Crippen molar-refractivity contribution in [2.24, 2.45) is 5.10 Å². The average Bonchev–Trinajstić information content (AvgIpc) is 2.80. The van der Waals surface area contributed by atoms with Crippen molar-refractivity contribution >= 4 is 12.1 Å². The number of hydrogen-bond donors (Lipinski definition) is 1. The number of hydrogen-bond acceptors (Lipinski definition) is 4. The first-order chi connectivity index (χ1) is 14.8. The molecule has 5 heteroatoms. The number of amides is 1. The van der Waals surface area contributed by atoms with Gasteiger partial charge in [0.05, 0.1) is 12.8 Å². The fourth-order valence-electron chi connectivity index (χ4n) is 2.79. The first kappa shape index (κ1) is 21.1. The van der Waals surface area contributed by atoms with Gasteiger partial charge in [-0.05, 0) is 47.9 Å². The van der Waals surface area contributed by atoms with Crippen LogP contribution in [0.15, 0.2) is 84.0 Å². The van der Waals surface area contributed by atoms with Crippen LogP contribution < -0.4 is 14.9 Å². The van der Waals surface area contributed by atoms with Gasteiger partial charge in [-0.1, -0.05) is 61.9 Å². The fraction of sp³-hybridized carbons (Fsp3) is 0.200. The number of nitrogens with one attached hydrogen (secondary N) is 1. The molecule has 1 N–H and O–H groups in total. The molecule has 0 unspecified atom stereocenters. The molecule has 0 saturated heterocycles. The smallest absolute Gasteiger partial charge is 0.277 e. The van der Waals surface area contributed by atoms with Crippen molar-refractivity contribution < 1.29 is 14.3 Å². The molecule has 0 saturated carbocycles. The van der Waals surface area contributed by atoms with Crippen LogP contribution in [-0.4, -0.2) is 25.3 Å². The highest BCUT2D eigenvalue weighted by molar-refractivity contribution is 5.83. The Morgan fingerprint density at radius 3 is 2.43 bits per heavy atom. The Hall–Kier alpha value is -3.60. The normalized spacial score (nSPS) is 10.7. The SMILES string of the molecule is CCCCOc1ccc(/C=N/NC(=O)COc2ccccc2-c2ccccc2)cc1. The summed E-state index contributed by atoms with van der Waals surface area (Å²) in [7, 11) is 0. The number of nitrogens with zero attached hydrogens (tertiary/aromatic N) is 1. The van der Waals surface area contributed by atoms with E-state index in [0.29, 0.717) is 12.4 Å². The first-order valence-electron chi connectivity index (χ1n) is 10.1. The van der Waals surface area contributed by atoms with Gasteiger partial charge in [0.25, 0.3) is 5.91 Å². The van der Waals surface area contributed by atoms with Crippen LogP contribution in [0.3, 0.4) is 0 Å². The molecule has 0 atom stereocenters. The summed E-state index contributed by atoms with van der Waals surface area (Å²) in [6.45, 7) is 2.73. The minimum Gasteiger partial charge on any atom is -0.494 e. The summed E-state index contributed by atoms with van der Waals surface area (Å²) in [5.74, 6) is 1.16. The zero-order valence-corrected chi connectivity index (χ0v) is 17.1. The number of rotatable bonds is 10. The second kappa shape index (κ2) is 11.4. The molecule has 3 aromatic rings. The predicted molar refractivity (Wildman–Crippen MR) is 120 cm³/mol. The summed E-state index contributed by atoms with van der Waals surface area (Å²) < 4.78 is 11.3. The third-order valence-corrected chi connectivity index (χ3v) is 4.38. The highest BCUT2D eigenvalue weighted by atomic mass is 16.5. The number of para-hydroxylation sites is 1. The van der Waals surface area contributed by atoms with E-state index in [-0.39, 0.29) is 12.5 Å². The number of benzene rings is 3. The van der Waals surface area contributed by atoms with Crippen molar-refractivity contribution in [3.63, 3.8) is 0 Å². The second-order valence-corrected chi connectivity index (χ2v) is 6.72. The molecule has 0 heterocycles. The summed E-state index contributed by atoms with van der Waals surface area (Å²) in [6.07, 6.45) is 3.73. The van der Waals surface area contributed by atoms with Crippen LogP contribution in [0.5, 0.6) is 11.5 Å². The monoisotopic (exact) mass is 402 g/mol. The van der Waals surface area contributed by atoms with E-state index >= 15 is 0 Å². The maximum absolute atomic E-state index is 12.1. The van der Waals surface area contributed by atoms with Crippen LogP contribution in [-0.2, 0) is 4.79 Å². The summed E-state index contributed by atoms with van der Waals surface area (Å²) in [5, 5.41) is 3.99. The molecular formula is C25H26N2O3. The number of hydrazone groups is 1. The van der Waals surface area contributed by atoms with Gasteiger partial charge in [0.1, 0.15) is 11.5 Å². The maximum Gasteiger partial charge on any atom is 0.277 e. The molecule has 0 aliphatic rings. The first-order valence-corrected chi connectivity index (χ1v) is 10.1. The molecule has 0 bridgehead atoms. The molecule has 5 nitrogen and oxygen atoms in total. The minimum absolute atomic E-state index is 0.120. The quantitative estimate of drug-likeness (QED) is 0.293. The van der Waals surface area contributed by atoms with Gasteiger partial charge in [0.2, 0.25) is 0 Å². The number of unbranched alkanes of at least 4 members (excludes halogenated alkanes) is 1. The van der Waals surface area contributed by atoms with E-state index in [1.165, 1.54) is 0 Å². The average molecular weight is 402 g/mol. The molecule has 1 amide bonds. The van der Waals surface area contributed by atoms with Gasteiger partial charge < -0.3 is 9.47 Å². The zero-order chi connectivity index (χ0) is 21.0. The third-order valence-electron chi connectivity index (χ3n) is 4.38. The van der Waals surface area contributed by atoms with Gasteiger partial charge in [-0.25, -0.2) is 5.43 Å². The van der Waals surface area contributed by atoms with Gasteiger partial charge in [-0.15, -0.1) is 0 Å². The topological polar surface area (TPSA) is 59.9 Å². The second-order valence-electron chi connectivity index (χ2n) is 6.72. The molecule has 154 valence electrons. The lowest BCUT2D eigenvalue weighted by molar-refractivity contribution is -0.123. The fourth-order valence-corrected chi connectivity index (χ4v) is 2.79. The Balaban J connectivity index is 1.49. The minimum atomic E-state index is -0.325. The Bertz CT molecular complexity index is 954. The molecule has 0 aliphatic heterocycles. The molecule has 3 rings (SSSR count). The van der Waals surface area contributed by atoms with Crippen LogP contribution in [0.2, 0.25) is 0 Å². The molecule has 0 aromatic heterocycles. The number of ether oxygens (including phenoxy) is 2. The largest absolute Gasteiger partial charge is 0.494 e. The van der Waals surface area contributed by atoms with Gasteiger partial charge >= 0.3 is 0 Å². The number of carbonyl (C=O) groups excluding carboxylic acids is 1. The highest BCUT2D eigenvalue weighted by Gasteiger charge is 2.07. The molecule has 0 spiro atoms. The summed E-state index contributed by atoms with van der Waals surface area (Å²) >= 11 is 0. The lowest BCUT2D eigenvalue weighted by Gasteiger charge is -2.10. The molecule has 30 heavy (non-hydrogen) atoms.